The second kappa shape index (κ2) is 11.7. The molecule has 0 bridgehead atoms. The summed E-state index contributed by atoms with van der Waals surface area (Å²) in [4.78, 5) is 24.1. The van der Waals surface area contributed by atoms with Crippen molar-refractivity contribution >= 4 is 33.8 Å². The van der Waals surface area contributed by atoms with E-state index in [-0.39, 0.29) is 27.7 Å². The molecule has 0 aliphatic rings. The normalized spacial score (nSPS) is 14.3. The fourth-order valence-electron chi connectivity index (χ4n) is 3.07. The summed E-state index contributed by atoms with van der Waals surface area (Å²) in [7, 11) is 0. The quantitative estimate of drug-likeness (QED) is 0.335. The molecule has 2 amide bonds. The Morgan fingerprint density at radius 3 is 2.13 bits per heavy atom. The minimum atomic E-state index is -5.08. The first-order chi connectivity index (χ1) is 17.3. The highest BCUT2D eigenvalue weighted by Crippen LogP contribution is 2.39. The number of hydrogen-bond acceptors (Lipinski definition) is 2. The van der Waals surface area contributed by atoms with Crippen LogP contribution in [-0.2, 0) is 11.0 Å². The second-order valence-electron chi connectivity index (χ2n) is 7.92. The van der Waals surface area contributed by atoms with Crippen LogP contribution < -0.4 is 10.6 Å². The van der Waals surface area contributed by atoms with Crippen molar-refractivity contribution in [2.24, 2.45) is 0 Å². The van der Waals surface area contributed by atoms with Crippen molar-refractivity contribution in [2.75, 3.05) is 6.54 Å². The van der Waals surface area contributed by atoms with Gasteiger partial charge in [-0.2, -0.15) is 39.5 Å². The van der Waals surface area contributed by atoms with Crippen LogP contribution in [0, 0.1) is 5.82 Å². The molecule has 0 aliphatic heterocycles. The summed E-state index contributed by atoms with van der Waals surface area (Å²) in [6, 6.07) is 2.73. The van der Waals surface area contributed by atoms with Gasteiger partial charge in [-0.05, 0) is 64.3 Å². The summed E-state index contributed by atoms with van der Waals surface area (Å²) in [5.41, 5.74) is -2.63. The smallest absolute Gasteiger partial charge is 0.345 e. The maximum absolute atomic E-state index is 13.7. The number of hydrogen-bond donors (Lipinski definition) is 2. The Morgan fingerprint density at radius 2 is 1.61 bits per heavy atom. The van der Waals surface area contributed by atoms with Crippen LogP contribution in [0.3, 0.4) is 0 Å². The Bertz CT molecular complexity index is 1210. The minimum absolute atomic E-state index is 0.0220. The molecular formula is C23H17BrF10N2O2. The molecular weight excluding hydrogens is 606 g/mol. The lowest BCUT2D eigenvalue weighted by Crippen LogP contribution is -2.47. The van der Waals surface area contributed by atoms with E-state index in [1.807, 2.05) is 0 Å². The molecule has 0 fully saturated rings. The summed E-state index contributed by atoms with van der Waals surface area (Å²) in [5, 5.41) is 3.76. The predicted molar refractivity (Wildman–Crippen MR) is 119 cm³/mol. The lowest BCUT2D eigenvalue weighted by Gasteiger charge is -2.19. The third kappa shape index (κ3) is 9.03. The molecule has 0 saturated carbocycles. The Kier molecular flexibility index (Phi) is 9.62. The predicted octanol–water partition coefficient (Wildman–Crippen LogP) is 6.76. The lowest BCUT2D eigenvalue weighted by molar-refractivity contribution is -0.142. The van der Waals surface area contributed by atoms with Gasteiger partial charge in [0.25, 0.3) is 5.91 Å². The number of rotatable bonds is 7. The standard InChI is InChI=1S/C23H17BrF10N2O2/c1-11(19(37)35-10-21(26,27)28)36-20(38)16-4-2-12(6-18(16)24)3-5-17(23(32,33)34)13-7-14(22(29,30)31)9-15(25)8-13/h2-9,11,17H,10H2,1H3,(H,35,37)(H,36,38)/b5-3+/t11-,17?/m1/s1. The van der Waals surface area contributed by atoms with Gasteiger partial charge in [-0.15, -0.1) is 0 Å². The van der Waals surface area contributed by atoms with Crippen LogP contribution in [0.15, 0.2) is 46.9 Å². The zero-order valence-corrected chi connectivity index (χ0v) is 20.5. The van der Waals surface area contributed by atoms with Gasteiger partial charge in [0, 0.05) is 4.47 Å². The molecule has 0 aromatic heterocycles. The molecule has 0 saturated heterocycles. The van der Waals surface area contributed by atoms with Gasteiger partial charge in [0.05, 0.1) is 17.0 Å². The molecule has 15 heteroatoms. The number of halogens is 11. The van der Waals surface area contributed by atoms with E-state index in [9.17, 15) is 53.5 Å². The zero-order chi connectivity index (χ0) is 29.1. The third-order valence-corrected chi connectivity index (χ3v) is 5.54. The average molecular weight is 623 g/mol. The summed E-state index contributed by atoms with van der Waals surface area (Å²) in [6.07, 6.45) is -13.4. The Labute approximate surface area is 217 Å². The average Bonchev–Trinajstić information content (AvgIpc) is 2.75. The fraction of sp³-hybridized carbons (Fsp3) is 0.304. The highest BCUT2D eigenvalue weighted by atomic mass is 79.9. The van der Waals surface area contributed by atoms with Crippen LogP contribution in [0.25, 0.3) is 6.08 Å². The van der Waals surface area contributed by atoms with E-state index < -0.39 is 65.8 Å². The first-order valence-corrected chi connectivity index (χ1v) is 11.1. The topological polar surface area (TPSA) is 58.2 Å². The van der Waals surface area contributed by atoms with E-state index in [0.717, 1.165) is 19.1 Å². The first kappa shape index (κ1) is 31.1. The van der Waals surface area contributed by atoms with Gasteiger partial charge in [0.1, 0.15) is 18.4 Å². The molecule has 1 unspecified atom stereocenters. The molecule has 0 heterocycles. The number of amides is 2. The molecule has 4 nitrogen and oxygen atoms in total. The Hall–Kier alpha value is -3.10. The minimum Gasteiger partial charge on any atom is -0.345 e. The van der Waals surface area contributed by atoms with Crippen molar-refractivity contribution in [1.82, 2.24) is 10.6 Å². The number of allylic oxidation sites excluding steroid dienone is 1. The Balaban J connectivity index is 2.24. The zero-order valence-electron chi connectivity index (χ0n) is 19.0. The summed E-state index contributed by atoms with van der Waals surface area (Å²) in [6.45, 7) is -0.481. The van der Waals surface area contributed by atoms with E-state index in [4.69, 9.17) is 0 Å². The van der Waals surface area contributed by atoms with Gasteiger partial charge < -0.3 is 10.6 Å². The van der Waals surface area contributed by atoms with Crippen LogP contribution in [0.1, 0.15) is 39.9 Å². The molecule has 38 heavy (non-hydrogen) atoms. The molecule has 208 valence electrons. The molecule has 2 N–H and O–H groups in total. The lowest BCUT2D eigenvalue weighted by atomic mass is 9.95. The fourth-order valence-corrected chi connectivity index (χ4v) is 3.65. The molecule has 2 aromatic carbocycles. The van der Waals surface area contributed by atoms with Crippen LogP contribution in [0.2, 0.25) is 0 Å². The number of carbonyl (C=O) groups excluding carboxylic acids is 2. The van der Waals surface area contributed by atoms with Gasteiger partial charge in [-0.3, -0.25) is 9.59 Å². The molecule has 2 aromatic rings. The molecule has 0 spiro atoms. The molecule has 0 aliphatic carbocycles. The second-order valence-corrected chi connectivity index (χ2v) is 8.77. The number of benzene rings is 2. The van der Waals surface area contributed by atoms with Gasteiger partial charge in [0.15, 0.2) is 0 Å². The number of carbonyl (C=O) groups is 2. The van der Waals surface area contributed by atoms with Crippen LogP contribution >= 0.6 is 15.9 Å². The SMILES string of the molecule is C[C@@H](NC(=O)c1ccc(/C=C/C(c2cc(F)cc(C(F)(F)F)c2)C(F)(F)F)cc1Br)C(=O)NCC(F)(F)F. The molecule has 2 rings (SSSR count). The highest BCUT2D eigenvalue weighted by molar-refractivity contribution is 9.10. The first-order valence-electron chi connectivity index (χ1n) is 10.4. The van der Waals surface area contributed by atoms with Crippen molar-refractivity contribution in [3.8, 4) is 0 Å². The monoisotopic (exact) mass is 622 g/mol. The van der Waals surface area contributed by atoms with Crippen LogP contribution in [0.4, 0.5) is 43.9 Å². The molecule has 0 radical (unpaired) electrons. The van der Waals surface area contributed by atoms with Crippen molar-refractivity contribution in [3.05, 3.63) is 75.0 Å². The third-order valence-electron chi connectivity index (χ3n) is 4.88. The van der Waals surface area contributed by atoms with Crippen molar-refractivity contribution in [2.45, 2.75) is 37.4 Å². The summed E-state index contributed by atoms with van der Waals surface area (Å²) >= 11 is 3.02. The van der Waals surface area contributed by atoms with E-state index in [1.165, 1.54) is 12.1 Å². The van der Waals surface area contributed by atoms with Crippen molar-refractivity contribution in [1.29, 1.82) is 0 Å². The molecule has 2 atom stereocenters. The largest absolute Gasteiger partial charge is 0.416 e. The van der Waals surface area contributed by atoms with Gasteiger partial charge in [0.2, 0.25) is 5.91 Å². The Morgan fingerprint density at radius 1 is 0.974 bits per heavy atom. The summed E-state index contributed by atoms with van der Waals surface area (Å²) in [5.74, 6) is -6.11. The van der Waals surface area contributed by atoms with Crippen LogP contribution in [0.5, 0.6) is 0 Å². The van der Waals surface area contributed by atoms with E-state index >= 15 is 0 Å². The highest BCUT2D eigenvalue weighted by Gasteiger charge is 2.41. The van der Waals surface area contributed by atoms with Gasteiger partial charge in [-0.1, -0.05) is 18.2 Å². The van der Waals surface area contributed by atoms with E-state index in [1.54, 1.807) is 5.32 Å². The number of nitrogens with one attached hydrogen (secondary N) is 2. The van der Waals surface area contributed by atoms with E-state index in [0.29, 0.717) is 12.1 Å². The maximum Gasteiger partial charge on any atom is 0.416 e. The van der Waals surface area contributed by atoms with Crippen molar-refractivity contribution < 1.29 is 53.5 Å². The summed E-state index contributed by atoms with van der Waals surface area (Å²) < 4.78 is 130. The van der Waals surface area contributed by atoms with Gasteiger partial charge in [-0.25, -0.2) is 4.39 Å². The van der Waals surface area contributed by atoms with Crippen LogP contribution in [-0.4, -0.2) is 36.8 Å². The van der Waals surface area contributed by atoms with Crippen molar-refractivity contribution in [3.63, 3.8) is 0 Å². The maximum atomic E-state index is 13.7. The van der Waals surface area contributed by atoms with E-state index in [2.05, 4.69) is 21.2 Å². The van der Waals surface area contributed by atoms with Gasteiger partial charge >= 0.3 is 18.5 Å². The number of alkyl halides is 9.